The van der Waals surface area contributed by atoms with Crippen molar-refractivity contribution in [1.29, 1.82) is 0 Å². The molecule has 0 aliphatic heterocycles. The molecule has 38 heavy (non-hydrogen) atoms. The van der Waals surface area contributed by atoms with Crippen LogP contribution in [0.3, 0.4) is 0 Å². The van der Waals surface area contributed by atoms with E-state index in [0.717, 1.165) is 9.69 Å². The van der Waals surface area contributed by atoms with Crippen LogP contribution in [0.15, 0.2) is 91.0 Å². The molecule has 1 atom stereocenters. The van der Waals surface area contributed by atoms with E-state index in [0.29, 0.717) is 10.9 Å². The fourth-order valence-corrected chi connectivity index (χ4v) is 8.60. The molecule has 0 aliphatic rings. The van der Waals surface area contributed by atoms with Gasteiger partial charge in [-0.25, -0.2) is 5.48 Å². The Bertz CT molecular complexity index is 1580. The molecule has 4 N–H and O–H groups in total. The number of rotatable bonds is 8. The van der Waals surface area contributed by atoms with Crippen molar-refractivity contribution in [2.45, 2.75) is 15.9 Å². The summed E-state index contributed by atoms with van der Waals surface area (Å²) in [5.41, 5.74) is 2.50. The number of hydrogen-bond donors (Lipinski definition) is 4. The van der Waals surface area contributed by atoms with Crippen molar-refractivity contribution in [1.82, 2.24) is 5.48 Å². The molecule has 0 aromatic heterocycles. The second-order valence-electron chi connectivity index (χ2n) is 8.77. The molecule has 4 rings (SSSR count). The number of anilines is 2. The number of nitrogens with one attached hydrogen (secondary N) is 2. The van der Waals surface area contributed by atoms with Crippen LogP contribution in [0.1, 0.15) is 22.0 Å². The van der Waals surface area contributed by atoms with Crippen molar-refractivity contribution >= 4 is 67.6 Å². The molecular weight excluding hydrogens is 613 g/mol. The summed E-state index contributed by atoms with van der Waals surface area (Å²) in [6.45, 7) is 0. The van der Waals surface area contributed by atoms with Gasteiger partial charge in [0.1, 0.15) is 0 Å². The molecule has 11 heteroatoms. The predicted molar refractivity (Wildman–Crippen MR) is 149 cm³/mol. The van der Waals surface area contributed by atoms with E-state index in [1.165, 1.54) is 33.3 Å². The van der Waals surface area contributed by atoms with Gasteiger partial charge in [-0.15, -0.1) is 0 Å². The van der Waals surface area contributed by atoms with Crippen molar-refractivity contribution in [3.05, 3.63) is 102 Å². The molecule has 4 aromatic rings. The first-order valence-electron chi connectivity index (χ1n) is 11.6. The number of nitrogens with zero attached hydrogens (tertiary/aromatic N) is 1. The van der Waals surface area contributed by atoms with E-state index in [-0.39, 0.29) is 16.9 Å². The van der Waals surface area contributed by atoms with Crippen LogP contribution in [0.2, 0.25) is 9.88 Å². The molecule has 0 unspecified atom stereocenters. The Morgan fingerprint density at radius 2 is 1.47 bits per heavy atom. The van der Waals surface area contributed by atoms with E-state index in [4.69, 9.17) is 5.21 Å². The third-order valence-corrected chi connectivity index (χ3v) is 11.3. The molecule has 0 fully saturated rings. The number of hydrogen-bond acceptors (Lipinski definition) is 5. The number of hydroxylamine groups is 1. The fraction of sp³-hybridized carbons (Fsp3) is 0.111. The molecule has 9 nitrogen and oxygen atoms in total. The molecule has 0 saturated carbocycles. The Kier molecular flexibility index (Phi) is 8.36. The summed E-state index contributed by atoms with van der Waals surface area (Å²) in [5, 5.41) is 13.0. The molecule has 0 saturated heterocycles. The van der Waals surface area contributed by atoms with Gasteiger partial charge in [0.15, 0.2) is 0 Å². The van der Waals surface area contributed by atoms with Crippen molar-refractivity contribution in [2.75, 3.05) is 9.62 Å². The first-order valence-corrected chi connectivity index (χ1v) is 20.1. The monoisotopic (exact) mass is 640 g/mol. The van der Waals surface area contributed by atoms with Gasteiger partial charge < -0.3 is 0 Å². The van der Waals surface area contributed by atoms with Crippen molar-refractivity contribution < 1.29 is 27.8 Å². The third-order valence-electron chi connectivity index (χ3n) is 6.04. The Balaban J connectivity index is 1.86. The normalized spacial score (nSPS) is 12.2. The number of benzene rings is 4. The van der Waals surface area contributed by atoms with Gasteiger partial charge >= 0.3 is 207 Å². The summed E-state index contributed by atoms with van der Waals surface area (Å²) in [6, 6.07) is 23.4. The summed E-state index contributed by atoms with van der Waals surface area (Å²) < 4.78 is 38.4. The van der Waals surface area contributed by atoms with Gasteiger partial charge in [0.25, 0.3) is 5.91 Å². The number of carbonyl (C=O) groups is 2. The van der Waals surface area contributed by atoms with E-state index in [1.807, 2.05) is 18.2 Å². The SMILES string of the molecule is [CH3][Sn]([CH3])[c]1cccc2c(N([C@H](C(=O)Nc3ccc(C(=O)NO)cc3)c3ccccc3)S(=O)(=O)O)cccc12. The molecule has 4 aromatic carbocycles. The first kappa shape index (κ1) is 27.6. The maximum absolute atomic E-state index is 13.7. The Labute approximate surface area is 227 Å². The molecule has 0 bridgehead atoms. The van der Waals surface area contributed by atoms with Crippen LogP contribution >= 0.6 is 0 Å². The second-order valence-corrected chi connectivity index (χ2v) is 17.3. The molecule has 0 heterocycles. The summed E-state index contributed by atoms with van der Waals surface area (Å²) >= 11 is -1.89. The first-order chi connectivity index (χ1) is 18.1. The van der Waals surface area contributed by atoms with Crippen molar-refractivity contribution in [2.24, 2.45) is 0 Å². The van der Waals surface area contributed by atoms with Crippen LogP contribution in [0, 0.1) is 0 Å². The molecule has 2 amide bonds. The van der Waals surface area contributed by atoms with Crippen LogP contribution in [-0.4, -0.2) is 49.8 Å². The molecular formula is C27H26N3O6SSn. The van der Waals surface area contributed by atoms with E-state index >= 15 is 0 Å². The maximum atomic E-state index is 13.7. The van der Waals surface area contributed by atoms with E-state index in [9.17, 15) is 22.6 Å². The van der Waals surface area contributed by atoms with Gasteiger partial charge in [-0.1, -0.05) is 0 Å². The minimum absolute atomic E-state index is 0.159. The van der Waals surface area contributed by atoms with Crippen molar-refractivity contribution in [3.63, 3.8) is 0 Å². The van der Waals surface area contributed by atoms with Gasteiger partial charge in [-0.2, -0.15) is 0 Å². The van der Waals surface area contributed by atoms with Crippen LogP contribution in [0.5, 0.6) is 0 Å². The van der Waals surface area contributed by atoms with Gasteiger partial charge in [-0.05, 0) is 0 Å². The quantitative estimate of drug-likeness (QED) is 0.100. The summed E-state index contributed by atoms with van der Waals surface area (Å²) in [6.07, 6.45) is 0. The molecule has 0 aliphatic carbocycles. The average Bonchev–Trinajstić information content (AvgIpc) is 2.90. The molecule has 0 spiro atoms. The van der Waals surface area contributed by atoms with E-state index in [1.54, 1.807) is 48.5 Å². The molecule has 1 radical (unpaired) electrons. The van der Waals surface area contributed by atoms with Crippen LogP contribution < -0.4 is 18.7 Å². The topological polar surface area (TPSA) is 136 Å². The molecule has 195 valence electrons. The van der Waals surface area contributed by atoms with Crippen LogP contribution in [-0.2, 0) is 15.1 Å². The van der Waals surface area contributed by atoms with Crippen LogP contribution in [0.25, 0.3) is 10.8 Å². The van der Waals surface area contributed by atoms with Gasteiger partial charge in [0.2, 0.25) is 0 Å². The summed E-state index contributed by atoms with van der Waals surface area (Å²) in [4.78, 5) is 29.8. The number of carbonyl (C=O) groups excluding carboxylic acids is 2. The predicted octanol–water partition coefficient (Wildman–Crippen LogP) is 3.91. The van der Waals surface area contributed by atoms with E-state index < -0.39 is 47.9 Å². The summed E-state index contributed by atoms with van der Waals surface area (Å²) in [7, 11) is -4.94. The number of amides is 2. The van der Waals surface area contributed by atoms with Gasteiger partial charge in [0.05, 0.1) is 0 Å². The standard InChI is InChI=1S/C25H20N3O6S.2CH3.Sn/c29-24(27-31)19-13-15-20(16-14-19)26-25(30)23(18-8-2-1-3-9-18)28(35(32,33)34)22-12-6-10-17-7-4-5-11-21(17)22;;;/h1-6,8-16,23,31H,(H,26,30)(H,27,29)(H,32,33,34);2*1H3;/t23-;;;/m0.../s1. The zero-order valence-corrected chi connectivity index (χ0v) is 24.3. The fourth-order valence-electron chi connectivity index (χ4n) is 4.33. The zero-order valence-electron chi connectivity index (χ0n) is 20.6. The second kappa shape index (κ2) is 11.5. The Morgan fingerprint density at radius 1 is 0.842 bits per heavy atom. The minimum atomic E-state index is -4.94. The zero-order chi connectivity index (χ0) is 27.4. The Hall–Kier alpha value is -3.45. The van der Waals surface area contributed by atoms with Gasteiger partial charge in [-0.3, -0.25) is 10.0 Å². The third kappa shape index (κ3) is 5.83. The van der Waals surface area contributed by atoms with E-state index in [2.05, 4.69) is 15.2 Å². The Morgan fingerprint density at radius 3 is 2.08 bits per heavy atom. The summed E-state index contributed by atoms with van der Waals surface area (Å²) in [5.74, 6) is -1.44. The average molecular weight is 639 g/mol. The van der Waals surface area contributed by atoms with Gasteiger partial charge in [0, 0.05) is 0 Å². The number of fused-ring (bicyclic) bond motifs is 1. The van der Waals surface area contributed by atoms with Crippen molar-refractivity contribution in [3.8, 4) is 0 Å². The van der Waals surface area contributed by atoms with Crippen LogP contribution in [0.4, 0.5) is 11.4 Å².